The highest BCUT2D eigenvalue weighted by atomic mass is 16.3. The molecule has 0 bridgehead atoms. The molecule has 1 heterocycles. The molecule has 1 aromatic rings. The first-order valence-electron chi connectivity index (χ1n) is 4.14. The van der Waals surface area contributed by atoms with Gasteiger partial charge in [-0.05, 0) is 6.92 Å². The zero-order valence-corrected chi connectivity index (χ0v) is 7.78. The van der Waals surface area contributed by atoms with Gasteiger partial charge in [0, 0.05) is 19.7 Å². The van der Waals surface area contributed by atoms with Crippen molar-refractivity contribution in [1.29, 1.82) is 0 Å². The van der Waals surface area contributed by atoms with Crippen LogP contribution < -0.4 is 10.6 Å². The zero-order valence-electron chi connectivity index (χ0n) is 7.78. The number of nitrogens with one attached hydrogen (secondary N) is 2. The third-order valence-electron chi connectivity index (χ3n) is 1.50. The van der Waals surface area contributed by atoms with E-state index in [9.17, 15) is 0 Å². The summed E-state index contributed by atoms with van der Waals surface area (Å²) in [4.78, 5) is 7.95. The summed E-state index contributed by atoms with van der Waals surface area (Å²) in [5, 5.41) is 14.9. The average molecular weight is 182 g/mol. The van der Waals surface area contributed by atoms with Crippen molar-refractivity contribution < 1.29 is 5.11 Å². The Morgan fingerprint density at radius 2 is 2.15 bits per heavy atom. The number of aromatic nitrogens is 2. The fourth-order valence-corrected chi connectivity index (χ4v) is 0.843. The molecule has 0 radical (unpaired) electrons. The second-order valence-corrected chi connectivity index (χ2v) is 2.77. The Balaban J connectivity index is 2.56. The van der Waals surface area contributed by atoms with Crippen LogP contribution >= 0.6 is 0 Å². The molecule has 0 aromatic carbocycles. The molecule has 0 aliphatic rings. The molecule has 1 rings (SSSR count). The van der Waals surface area contributed by atoms with Gasteiger partial charge in [-0.1, -0.05) is 0 Å². The Bertz CT molecular complexity index is 264. The lowest BCUT2D eigenvalue weighted by Gasteiger charge is -2.07. The van der Waals surface area contributed by atoms with Gasteiger partial charge < -0.3 is 15.7 Å². The van der Waals surface area contributed by atoms with Crippen LogP contribution in [0.5, 0.6) is 0 Å². The van der Waals surface area contributed by atoms with Crippen LogP contribution in [0.2, 0.25) is 0 Å². The summed E-state index contributed by atoms with van der Waals surface area (Å²) in [6.07, 6.45) is 1.09. The minimum atomic E-state index is -0.381. The molecule has 0 saturated heterocycles. The zero-order chi connectivity index (χ0) is 9.68. The molecule has 0 saturated carbocycles. The first-order chi connectivity index (χ1) is 6.22. The maximum atomic E-state index is 9.02. The van der Waals surface area contributed by atoms with E-state index < -0.39 is 0 Å². The molecule has 72 valence electrons. The normalized spacial score (nSPS) is 12.2. The summed E-state index contributed by atoms with van der Waals surface area (Å²) in [6, 6.07) is 1.78. The van der Waals surface area contributed by atoms with Crippen LogP contribution in [0, 0.1) is 0 Å². The highest BCUT2D eigenvalue weighted by Gasteiger charge is 1.98. The predicted octanol–water partition coefficient (Wildman–Crippen LogP) is 0.311. The van der Waals surface area contributed by atoms with E-state index in [-0.39, 0.29) is 6.10 Å². The maximum Gasteiger partial charge on any atom is 0.131 e. The van der Waals surface area contributed by atoms with E-state index in [0.717, 1.165) is 5.82 Å². The van der Waals surface area contributed by atoms with E-state index in [1.54, 1.807) is 20.0 Å². The molecule has 0 aliphatic carbocycles. The van der Waals surface area contributed by atoms with Gasteiger partial charge in [-0.15, -0.1) is 0 Å². The molecule has 13 heavy (non-hydrogen) atoms. The van der Waals surface area contributed by atoms with Crippen molar-refractivity contribution in [3.05, 3.63) is 12.4 Å². The summed E-state index contributed by atoms with van der Waals surface area (Å²) in [5.41, 5.74) is 0. The van der Waals surface area contributed by atoms with Crippen molar-refractivity contribution in [2.45, 2.75) is 13.0 Å². The fourth-order valence-electron chi connectivity index (χ4n) is 0.843. The number of hydrogen-bond donors (Lipinski definition) is 3. The summed E-state index contributed by atoms with van der Waals surface area (Å²) < 4.78 is 0. The van der Waals surface area contributed by atoms with E-state index in [1.165, 1.54) is 6.33 Å². The Morgan fingerprint density at radius 3 is 2.77 bits per heavy atom. The second kappa shape index (κ2) is 4.61. The number of aliphatic hydroxyl groups excluding tert-OH is 1. The third kappa shape index (κ3) is 3.25. The molecule has 5 heteroatoms. The van der Waals surface area contributed by atoms with Crippen LogP contribution in [0.4, 0.5) is 11.6 Å². The monoisotopic (exact) mass is 182 g/mol. The largest absolute Gasteiger partial charge is 0.392 e. The topological polar surface area (TPSA) is 70.1 Å². The van der Waals surface area contributed by atoms with E-state index in [4.69, 9.17) is 5.11 Å². The lowest BCUT2D eigenvalue weighted by atomic mass is 10.4. The summed E-state index contributed by atoms with van der Waals surface area (Å²) >= 11 is 0. The van der Waals surface area contributed by atoms with Gasteiger partial charge in [-0.2, -0.15) is 0 Å². The second-order valence-electron chi connectivity index (χ2n) is 2.77. The van der Waals surface area contributed by atoms with Crippen LogP contribution in [-0.4, -0.2) is 34.8 Å². The number of anilines is 2. The van der Waals surface area contributed by atoms with Crippen molar-refractivity contribution in [3.8, 4) is 0 Å². The molecule has 0 aliphatic heterocycles. The van der Waals surface area contributed by atoms with E-state index in [1.807, 2.05) is 0 Å². The first kappa shape index (κ1) is 9.73. The number of hydrogen-bond acceptors (Lipinski definition) is 5. The minimum Gasteiger partial charge on any atom is -0.392 e. The average Bonchev–Trinajstić information content (AvgIpc) is 2.15. The SMILES string of the molecule is CNc1cc(NCC(C)O)ncn1. The van der Waals surface area contributed by atoms with E-state index in [0.29, 0.717) is 12.4 Å². The minimum absolute atomic E-state index is 0.381. The third-order valence-corrected chi connectivity index (χ3v) is 1.50. The van der Waals surface area contributed by atoms with Crippen molar-refractivity contribution in [1.82, 2.24) is 9.97 Å². The fraction of sp³-hybridized carbons (Fsp3) is 0.500. The molecule has 5 nitrogen and oxygen atoms in total. The van der Waals surface area contributed by atoms with Crippen LogP contribution in [0.1, 0.15) is 6.92 Å². The summed E-state index contributed by atoms with van der Waals surface area (Å²) in [6.45, 7) is 2.20. The van der Waals surface area contributed by atoms with Gasteiger partial charge in [0.05, 0.1) is 6.10 Å². The molecule has 0 spiro atoms. The van der Waals surface area contributed by atoms with E-state index >= 15 is 0 Å². The van der Waals surface area contributed by atoms with Crippen molar-refractivity contribution in [2.75, 3.05) is 24.2 Å². The van der Waals surface area contributed by atoms with E-state index in [2.05, 4.69) is 20.6 Å². The molecule has 1 unspecified atom stereocenters. The van der Waals surface area contributed by atoms with Crippen LogP contribution in [0.15, 0.2) is 12.4 Å². The maximum absolute atomic E-state index is 9.02. The Labute approximate surface area is 77.2 Å². The van der Waals surface area contributed by atoms with Gasteiger partial charge >= 0.3 is 0 Å². The highest BCUT2D eigenvalue weighted by Crippen LogP contribution is 2.06. The van der Waals surface area contributed by atoms with Gasteiger partial charge in [0.1, 0.15) is 18.0 Å². The lowest BCUT2D eigenvalue weighted by molar-refractivity contribution is 0.208. The summed E-state index contributed by atoms with van der Waals surface area (Å²) in [7, 11) is 1.79. The molecule has 1 atom stereocenters. The molecule has 1 aromatic heterocycles. The molecule has 0 amide bonds. The molecule has 0 fully saturated rings. The molecular formula is C8H14N4O. The predicted molar refractivity (Wildman–Crippen MR) is 51.7 cm³/mol. The van der Waals surface area contributed by atoms with Crippen LogP contribution in [-0.2, 0) is 0 Å². The van der Waals surface area contributed by atoms with Gasteiger partial charge in [0.15, 0.2) is 0 Å². The van der Waals surface area contributed by atoms with Crippen molar-refractivity contribution in [3.63, 3.8) is 0 Å². The van der Waals surface area contributed by atoms with Gasteiger partial charge in [0.25, 0.3) is 0 Å². The van der Waals surface area contributed by atoms with Gasteiger partial charge in [-0.3, -0.25) is 0 Å². The Morgan fingerprint density at radius 1 is 1.46 bits per heavy atom. The summed E-state index contributed by atoms with van der Waals surface area (Å²) in [5.74, 6) is 1.46. The molecular weight excluding hydrogens is 168 g/mol. The van der Waals surface area contributed by atoms with Crippen LogP contribution in [0.3, 0.4) is 0 Å². The van der Waals surface area contributed by atoms with Gasteiger partial charge in [-0.25, -0.2) is 9.97 Å². The highest BCUT2D eigenvalue weighted by molar-refractivity contribution is 5.45. The Hall–Kier alpha value is -1.36. The first-order valence-corrected chi connectivity index (χ1v) is 4.14. The lowest BCUT2D eigenvalue weighted by Crippen LogP contribution is -2.16. The number of rotatable bonds is 4. The Kier molecular flexibility index (Phi) is 3.45. The van der Waals surface area contributed by atoms with Crippen LogP contribution in [0.25, 0.3) is 0 Å². The van der Waals surface area contributed by atoms with Crippen molar-refractivity contribution >= 4 is 11.6 Å². The van der Waals surface area contributed by atoms with Crippen molar-refractivity contribution in [2.24, 2.45) is 0 Å². The number of aliphatic hydroxyl groups is 1. The standard InChI is InChI=1S/C8H14N4O/c1-6(13)4-10-8-3-7(9-2)11-5-12-8/h3,5-6,13H,4H2,1-2H3,(H2,9,10,11,12). The smallest absolute Gasteiger partial charge is 0.131 e. The number of nitrogens with zero attached hydrogens (tertiary/aromatic N) is 2. The quantitative estimate of drug-likeness (QED) is 0.625. The molecule has 3 N–H and O–H groups in total. The van der Waals surface area contributed by atoms with Gasteiger partial charge in [0.2, 0.25) is 0 Å².